The summed E-state index contributed by atoms with van der Waals surface area (Å²) in [4.78, 5) is 0. The molecule has 0 aromatic rings. The van der Waals surface area contributed by atoms with Crippen molar-refractivity contribution in [1.82, 2.24) is 5.43 Å². The minimum atomic E-state index is 0.488. The summed E-state index contributed by atoms with van der Waals surface area (Å²) in [6.45, 7) is 0. The summed E-state index contributed by atoms with van der Waals surface area (Å²) in [5.74, 6) is 0. The molecule has 1 aliphatic rings. The van der Waals surface area contributed by atoms with Gasteiger partial charge in [-0.2, -0.15) is 5.10 Å². The molecule has 0 saturated heterocycles. The standard InChI is InChI=1S/C4H3BrClN2/c5-1-3-2-7-8-4(3)6/h2H,1H2. The Morgan fingerprint density at radius 3 is 2.75 bits per heavy atom. The lowest BCUT2D eigenvalue weighted by atomic mass is 10.4. The molecule has 0 aliphatic carbocycles. The van der Waals surface area contributed by atoms with Crippen molar-refractivity contribution in [3.63, 3.8) is 0 Å². The molecule has 1 aliphatic heterocycles. The Morgan fingerprint density at radius 2 is 2.50 bits per heavy atom. The quantitative estimate of drug-likeness (QED) is 0.446. The normalized spacial score (nSPS) is 17.2. The molecule has 1 radical (unpaired) electrons. The number of allylic oxidation sites excluding steroid dienone is 1. The van der Waals surface area contributed by atoms with Crippen LogP contribution in [0.15, 0.2) is 15.8 Å². The average molecular weight is 194 g/mol. The molecule has 0 atom stereocenters. The highest BCUT2D eigenvalue weighted by Gasteiger charge is 2.06. The maximum Gasteiger partial charge on any atom is 0.157 e. The number of nitrogens with zero attached hydrogens (tertiary/aromatic N) is 2. The zero-order valence-corrected chi connectivity index (χ0v) is 6.28. The fourth-order valence-corrected chi connectivity index (χ4v) is 1.09. The van der Waals surface area contributed by atoms with Gasteiger partial charge in [-0.25, -0.2) is 0 Å². The molecule has 0 aromatic heterocycles. The van der Waals surface area contributed by atoms with E-state index < -0.39 is 0 Å². The molecule has 0 bridgehead atoms. The molecule has 0 fully saturated rings. The van der Waals surface area contributed by atoms with Gasteiger partial charge in [0.15, 0.2) is 5.16 Å². The van der Waals surface area contributed by atoms with Crippen molar-refractivity contribution in [2.75, 3.05) is 5.33 Å². The minimum absolute atomic E-state index is 0.488. The van der Waals surface area contributed by atoms with Gasteiger partial charge < -0.3 is 0 Å². The van der Waals surface area contributed by atoms with Crippen LogP contribution in [-0.4, -0.2) is 11.5 Å². The van der Waals surface area contributed by atoms with Gasteiger partial charge in [-0.1, -0.05) is 27.5 Å². The summed E-state index contributed by atoms with van der Waals surface area (Å²) in [5.41, 5.74) is 4.51. The molecule has 0 spiro atoms. The van der Waals surface area contributed by atoms with E-state index in [9.17, 15) is 0 Å². The third-order valence-electron chi connectivity index (χ3n) is 0.768. The molecule has 2 nitrogen and oxygen atoms in total. The second-order valence-corrected chi connectivity index (χ2v) is 2.21. The monoisotopic (exact) mass is 193 g/mol. The lowest BCUT2D eigenvalue weighted by molar-refractivity contribution is 0.952. The van der Waals surface area contributed by atoms with Crippen molar-refractivity contribution in [2.24, 2.45) is 5.10 Å². The van der Waals surface area contributed by atoms with Crippen LogP contribution in [0.5, 0.6) is 0 Å². The van der Waals surface area contributed by atoms with Crippen molar-refractivity contribution in [2.45, 2.75) is 0 Å². The molecule has 4 heteroatoms. The second kappa shape index (κ2) is 2.51. The fraction of sp³-hybridized carbons (Fsp3) is 0.250. The summed E-state index contributed by atoms with van der Waals surface area (Å²) in [6.07, 6.45) is 1.64. The van der Waals surface area contributed by atoms with Gasteiger partial charge in [0.1, 0.15) is 0 Å². The van der Waals surface area contributed by atoms with Crippen molar-refractivity contribution < 1.29 is 0 Å². The van der Waals surface area contributed by atoms with Crippen LogP contribution in [0.25, 0.3) is 0 Å². The largest absolute Gasteiger partial charge is 0.157 e. The first-order valence-corrected chi connectivity index (χ1v) is 3.53. The lowest BCUT2D eigenvalue weighted by Gasteiger charge is -1.85. The van der Waals surface area contributed by atoms with Crippen LogP contribution in [0, 0.1) is 0 Å². The van der Waals surface area contributed by atoms with Gasteiger partial charge in [0.2, 0.25) is 0 Å². The van der Waals surface area contributed by atoms with E-state index in [1.165, 1.54) is 0 Å². The van der Waals surface area contributed by atoms with Gasteiger partial charge >= 0.3 is 0 Å². The first kappa shape index (κ1) is 6.11. The van der Waals surface area contributed by atoms with Crippen LogP contribution in [0.3, 0.4) is 0 Å². The molecular formula is C4H3BrClN2. The van der Waals surface area contributed by atoms with E-state index in [1.54, 1.807) is 6.21 Å². The van der Waals surface area contributed by atoms with Crippen molar-refractivity contribution >= 4 is 33.7 Å². The molecule has 0 unspecified atom stereocenters. The van der Waals surface area contributed by atoms with Gasteiger partial charge in [0.05, 0.1) is 6.21 Å². The lowest BCUT2D eigenvalue weighted by Crippen LogP contribution is -1.86. The molecule has 0 aromatic carbocycles. The van der Waals surface area contributed by atoms with Crippen molar-refractivity contribution in [3.8, 4) is 0 Å². The van der Waals surface area contributed by atoms with Crippen LogP contribution in [-0.2, 0) is 0 Å². The number of halogens is 2. The summed E-state index contributed by atoms with van der Waals surface area (Å²) in [5, 5.41) is 4.79. The topological polar surface area (TPSA) is 26.5 Å². The smallest absolute Gasteiger partial charge is 0.157 e. The number of hydrogen-bond acceptors (Lipinski definition) is 1. The molecule has 8 heavy (non-hydrogen) atoms. The second-order valence-electron chi connectivity index (χ2n) is 1.29. The van der Waals surface area contributed by atoms with Gasteiger partial charge in [-0.15, -0.1) is 5.43 Å². The number of alkyl halides is 1. The van der Waals surface area contributed by atoms with Crippen LogP contribution < -0.4 is 5.43 Å². The Hall–Kier alpha value is -0.0200. The highest BCUT2D eigenvalue weighted by molar-refractivity contribution is 9.09. The third kappa shape index (κ3) is 1.03. The van der Waals surface area contributed by atoms with Crippen LogP contribution in [0.2, 0.25) is 0 Å². The Bertz CT molecular complexity index is 152. The van der Waals surface area contributed by atoms with E-state index in [2.05, 4.69) is 26.5 Å². The molecule has 0 N–H and O–H groups in total. The van der Waals surface area contributed by atoms with E-state index in [4.69, 9.17) is 11.6 Å². The van der Waals surface area contributed by atoms with Gasteiger partial charge in [0.25, 0.3) is 0 Å². The molecule has 1 rings (SSSR count). The molecule has 43 valence electrons. The summed E-state index contributed by atoms with van der Waals surface area (Å²) in [6, 6.07) is 0. The van der Waals surface area contributed by atoms with E-state index in [0.717, 1.165) is 10.9 Å². The first-order chi connectivity index (χ1) is 3.84. The number of hydrogen-bond donors (Lipinski definition) is 0. The van der Waals surface area contributed by atoms with Crippen LogP contribution >= 0.6 is 27.5 Å². The van der Waals surface area contributed by atoms with Gasteiger partial charge in [0, 0.05) is 10.9 Å². The summed E-state index contributed by atoms with van der Waals surface area (Å²) < 4.78 is 0. The first-order valence-electron chi connectivity index (χ1n) is 2.03. The van der Waals surface area contributed by atoms with Gasteiger partial charge in [-0.3, -0.25) is 0 Å². The molecule has 0 amide bonds. The predicted octanol–water partition coefficient (Wildman–Crippen LogP) is 1.44. The Kier molecular flexibility index (Phi) is 1.91. The highest BCUT2D eigenvalue weighted by atomic mass is 79.9. The maximum absolute atomic E-state index is 5.54. The molecular weight excluding hydrogens is 191 g/mol. The van der Waals surface area contributed by atoms with Crippen molar-refractivity contribution in [3.05, 3.63) is 10.7 Å². The predicted molar refractivity (Wildman–Crippen MR) is 37.3 cm³/mol. The van der Waals surface area contributed by atoms with E-state index in [1.807, 2.05) is 0 Å². The Labute approximate surface area is 60.7 Å². The van der Waals surface area contributed by atoms with E-state index >= 15 is 0 Å². The molecule has 1 heterocycles. The van der Waals surface area contributed by atoms with Gasteiger partial charge in [-0.05, 0) is 0 Å². The Balaban J connectivity index is 2.70. The van der Waals surface area contributed by atoms with E-state index in [0.29, 0.717) is 5.16 Å². The van der Waals surface area contributed by atoms with Crippen molar-refractivity contribution in [1.29, 1.82) is 0 Å². The SMILES string of the molecule is ClC1=C(CBr)C=N[N]1. The molecule has 0 saturated carbocycles. The average Bonchev–Trinajstić information content (AvgIpc) is 2.14. The summed E-state index contributed by atoms with van der Waals surface area (Å²) in [7, 11) is 0. The van der Waals surface area contributed by atoms with Crippen LogP contribution in [0.4, 0.5) is 0 Å². The highest BCUT2D eigenvalue weighted by Crippen LogP contribution is 2.12. The number of rotatable bonds is 1. The van der Waals surface area contributed by atoms with Crippen LogP contribution in [0.1, 0.15) is 0 Å². The Morgan fingerprint density at radius 1 is 1.75 bits per heavy atom. The summed E-state index contributed by atoms with van der Waals surface area (Å²) >= 11 is 8.76. The third-order valence-corrected chi connectivity index (χ3v) is 1.69. The minimum Gasteiger partial charge on any atom is -0.157 e. The maximum atomic E-state index is 5.54. The fourth-order valence-electron chi connectivity index (χ4n) is 0.356. The zero-order chi connectivity index (χ0) is 5.98. The van der Waals surface area contributed by atoms with E-state index in [-0.39, 0.29) is 0 Å². The zero-order valence-electron chi connectivity index (χ0n) is 3.93.